The van der Waals surface area contributed by atoms with Gasteiger partial charge in [0.05, 0.1) is 5.56 Å². The Morgan fingerprint density at radius 3 is 2.67 bits per heavy atom. The Kier molecular flexibility index (Phi) is 0.730. The fourth-order valence-electron chi connectivity index (χ4n) is 1.05. The molecule has 2 nitrogen and oxygen atoms in total. The molecule has 1 heterocycles. The molecule has 0 bridgehead atoms. The SMILES string of the molecule is [N-]=[N+]1Cc2ccccc21. The molecular formula is C7H6N2. The summed E-state index contributed by atoms with van der Waals surface area (Å²) in [7, 11) is 0. The summed E-state index contributed by atoms with van der Waals surface area (Å²) >= 11 is 0. The van der Waals surface area contributed by atoms with Gasteiger partial charge in [-0.15, -0.1) is 0 Å². The molecule has 1 aliphatic rings. The van der Waals surface area contributed by atoms with E-state index in [4.69, 9.17) is 5.53 Å². The molecule has 0 saturated carbocycles. The van der Waals surface area contributed by atoms with E-state index < -0.39 is 0 Å². The Balaban J connectivity index is 2.63. The molecule has 0 amide bonds. The molecular weight excluding hydrogens is 112 g/mol. The maximum absolute atomic E-state index is 8.93. The molecule has 0 atom stereocenters. The lowest BCUT2D eigenvalue weighted by Gasteiger charge is -2.17. The van der Waals surface area contributed by atoms with Gasteiger partial charge in [-0.05, 0) is 6.07 Å². The lowest BCUT2D eigenvalue weighted by molar-refractivity contribution is -0.510. The predicted octanol–water partition coefficient (Wildman–Crippen LogP) is 1.87. The molecule has 0 fully saturated rings. The smallest absolute Gasteiger partial charge is 0.204 e. The van der Waals surface area contributed by atoms with Crippen LogP contribution in [0.4, 0.5) is 5.69 Å². The van der Waals surface area contributed by atoms with Gasteiger partial charge in [0.1, 0.15) is 0 Å². The van der Waals surface area contributed by atoms with E-state index in [1.54, 1.807) is 0 Å². The number of nitrogens with zero attached hydrogens (tertiary/aromatic N) is 2. The van der Waals surface area contributed by atoms with Gasteiger partial charge in [0.15, 0.2) is 6.54 Å². The van der Waals surface area contributed by atoms with Crippen LogP contribution < -0.4 is 0 Å². The first-order valence-electron chi connectivity index (χ1n) is 2.92. The molecule has 1 aliphatic heterocycles. The van der Waals surface area contributed by atoms with Crippen LogP contribution in [0.5, 0.6) is 0 Å². The van der Waals surface area contributed by atoms with Gasteiger partial charge >= 0.3 is 0 Å². The van der Waals surface area contributed by atoms with Crippen LogP contribution in [-0.2, 0) is 6.54 Å². The highest BCUT2D eigenvalue weighted by Gasteiger charge is 2.21. The van der Waals surface area contributed by atoms with Crippen molar-refractivity contribution in [3.63, 3.8) is 0 Å². The Morgan fingerprint density at radius 1 is 1.33 bits per heavy atom. The van der Waals surface area contributed by atoms with Crippen molar-refractivity contribution in [2.24, 2.45) is 0 Å². The van der Waals surface area contributed by atoms with Gasteiger partial charge in [0.2, 0.25) is 5.69 Å². The van der Waals surface area contributed by atoms with Crippen LogP contribution in [-0.4, -0.2) is 4.70 Å². The van der Waals surface area contributed by atoms with E-state index in [1.807, 2.05) is 24.3 Å². The lowest BCUT2D eigenvalue weighted by Crippen LogP contribution is -2.12. The minimum Gasteiger partial charge on any atom is -0.500 e. The molecule has 0 saturated heterocycles. The third kappa shape index (κ3) is 0.499. The molecule has 0 spiro atoms. The highest BCUT2D eigenvalue weighted by Crippen LogP contribution is 2.28. The van der Waals surface area contributed by atoms with Gasteiger partial charge in [-0.25, -0.2) is 0 Å². The third-order valence-corrected chi connectivity index (χ3v) is 1.59. The summed E-state index contributed by atoms with van der Waals surface area (Å²) in [5.41, 5.74) is 11.1. The van der Waals surface area contributed by atoms with Gasteiger partial charge in [0.25, 0.3) is 0 Å². The molecule has 0 aliphatic carbocycles. The number of hydrogen-bond acceptors (Lipinski definition) is 0. The maximum atomic E-state index is 8.93. The van der Waals surface area contributed by atoms with Crippen LogP contribution >= 0.6 is 0 Å². The second-order valence-corrected chi connectivity index (χ2v) is 2.19. The molecule has 1 aromatic rings. The van der Waals surface area contributed by atoms with Crippen molar-refractivity contribution < 1.29 is 4.70 Å². The minimum absolute atomic E-state index is 0.677. The van der Waals surface area contributed by atoms with Crippen LogP contribution in [0, 0.1) is 0 Å². The van der Waals surface area contributed by atoms with Gasteiger partial charge in [-0.2, -0.15) is 0 Å². The van der Waals surface area contributed by atoms with Crippen molar-refractivity contribution in [2.75, 3.05) is 0 Å². The van der Waals surface area contributed by atoms with Crippen LogP contribution in [0.3, 0.4) is 0 Å². The Morgan fingerprint density at radius 2 is 2.11 bits per heavy atom. The summed E-state index contributed by atoms with van der Waals surface area (Å²) in [6.45, 7) is 0.677. The molecule has 9 heavy (non-hydrogen) atoms. The quantitative estimate of drug-likeness (QED) is 0.465. The topological polar surface area (TPSA) is 25.3 Å². The Hall–Kier alpha value is -1.18. The van der Waals surface area contributed by atoms with Gasteiger partial charge in [0, 0.05) is 6.07 Å². The minimum atomic E-state index is 0.677. The van der Waals surface area contributed by atoms with Crippen molar-refractivity contribution in [1.82, 2.24) is 0 Å². The van der Waals surface area contributed by atoms with E-state index >= 15 is 0 Å². The molecule has 1 aromatic carbocycles. The summed E-state index contributed by atoms with van der Waals surface area (Å²) in [6.07, 6.45) is 0. The van der Waals surface area contributed by atoms with Crippen molar-refractivity contribution in [3.05, 3.63) is 35.4 Å². The average Bonchev–Trinajstić information content (AvgIpc) is 1.86. The van der Waals surface area contributed by atoms with Gasteiger partial charge in [-0.3, -0.25) is 4.70 Å². The zero-order valence-corrected chi connectivity index (χ0v) is 4.91. The number of rotatable bonds is 0. The van der Waals surface area contributed by atoms with Gasteiger partial charge < -0.3 is 5.53 Å². The van der Waals surface area contributed by atoms with E-state index in [0.29, 0.717) is 6.54 Å². The summed E-state index contributed by atoms with van der Waals surface area (Å²) in [5.74, 6) is 0. The average molecular weight is 118 g/mol. The van der Waals surface area contributed by atoms with Crippen molar-refractivity contribution >= 4 is 5.69 Å². The fraction of sp³-hybridized carbons (Fsp3) is 0.143. The highest BCUT2D eigenvalue weighted by atomic mass is 15.2. The molecule has 0 unspecified atom stereocenters. The van der Waals surface area contributed by atoms with Crippen LogP contribution in [0.2, 0.25) is 0 Å². The molecule has 44 valence electrons. The first-order valence-corrected chi connectivity index (χ1v) is 2.92. The second-order valence-electron chi connectivity index (χ2n) is 2.19. The standard InChI is InChI=1S/C7H6N2/c8-9-5-6-3-1-2-4-7(6)9/h1-4H,5H2. The Labute approximate surface area is 53.2 Å². The fourth-order valence-corrected chi connectivity index (χ4v) is 1.05. The summed E-state index contributed by atoms with van der Waals surface area (Å²) in [5, 5.41) is 0. The maximum Gasteiger partial charge on any atom is 0.204 e. The van der Waals surface area contributed by atoms with E-state index in [9.17, 15) is 0 Å². The summed E-state index contributed by atoms with van der Waals surface area (Å²) in [4.78, 5) is 0. The molecule has 2 heteroatoms. The van der Waals surface area contributed by atoms with E-state index in [-0.39, 0.29) is 0 Å². The first kappa shape index (κ1) is 4.68. The molecule has 0 aromatic heterocycles. The number of fused-ring (bicyclic) bond motifs is 1. The highest BCUT2D eigenvalue weighted by molar-refractivity contribution is 5.43. The zero-order chi connectivity index (χ0) is 6.27. The van der Waals surface area contributed by atoms with Crippen LogP contribution in [0.15, 0.2) is 24.3 Å². The number of para-hydroxylation sites is 1. The molecule has 2 rings (SSSR count). The van der Waals surface area contributed by atoms with E-state index in [2.05, 4.69) is 0 Å². The van der Waals surface area contributed by atoms with Crippen molar-refractivity contribution in [3.8, 4) is 0 Å². The number of hydrogen-bond donors (Lipinski definition) is 0. The summed E-state index contributed by atoms with van der Waals surface area (Å²) in [6, 6.07) is 7.81. The molecule has 0 radical (unpaired) electrons. The molecule has 0 N–H and O–H groups in total. The third-order valence-electron chi connectivity index (χ3n) is 1.59. The predicted molar refractivity (Wildman–Crippen MR) is 33.4 cm³/mol. The van der Waals surface area contributed by atoms with Crippen LogP contribution in [0.1, 0.15) is 5.56 Å². The van der Waals surface area contributed by atoms with Crippen molar-refractivity contribution in [1.29, 1.82) is 0 Å². The monoisotopic (exact) mass is 118 g/mol. The second kappa shape index (κ2) is 1.41. The van der Waals surface area contributed by atoms with E-state index in [1.165, 1.54) is 10.3 Å². The first-order chi connectivity index (χ1) is 4.38. The Bertz CT molecular complexity index is 265. The number of benzene rings is 1. The van der Waals surface area contributed by atoms with Gasteiger partial charge in [-0.1, -0.05) is 12.1 Å². The van der Waals surface area contributed by atoms with E-state index in [0.717, 1.165) is 5.69 Å². The zero-order valence-electron chi connectivity index (χ0n) is 4.91. The van der Waals surface area contributed by atoms with Crippen molar-refractivity contribution in [2.45, 2.75) is 6.54 Å². The normalized spacial score (nSPS) is 14.4. The lowest BCUT2D eigenvalue weighted by atomic mass is 10.1. The summed E-state index contributed by atoms with van der Waals surface area (Å²) < 4.78 is 1.25. The van der Waals surface area contributed by atoms with Crippen LogP contribution in [0.25, 0.3) is 5.53 Å². The largest absolute Gasteiger partial charge is 0.500 e.